The number of aromatic nitrogens is 1. The number of halogens is 9. The molecular formula is C32H27F9N2O2S. The molecule has 2 atom stereocenters. The van der Waals surface area contributed by atoms with Crippen LogP contribution in [0.5, 0.6) is 5.75 Å². The zero-order valence-corrected chi connectivity index (χ0v) is 25.1. The molecule has 0 aliphatic carbocycles. The Morgan fingerprint density at radius 2 is 1.39 bits per heavy atom. The second-order valence-corrected chi connectivity index (χ2v) is 13.1. The molecule has 0 aliphatic rings. The van der Waals surface area contributed by atoms with Gasteiger partial charge in [0.25, 0.3) is 0 Å². The minimum atomic E-state index is -4.99. The van der Waals surface area contributed by atoms with Crippen LogP contribution in [0.1, 0.15) is 48.2 Å². The van der Waals surface area contributed by atoms with Gasteiger partial charge >= 0.3 is 12.5 Å². The predicted molar refractivity (Wildman–Crippen MR) is 153 cm³/mol. The first-order chi connectivity index (χ1) is 21.4. The standard InChI is InChI=1S/C32H27F9N2O2S/c1-30(2,46(42)44)17-31(15-19-4-7-25(35)27(37)11-19,21-12-22(33)14-23(13-21)45-32(40,41)29(38)39)28-8-5-20(16-43-28)9-18-3-6-24(34)26(36)10-18/h3-8,10-14,16,29H,9,15,17,42H2,1-2H3. The summed E-state index contributed by atoms with van der Waals surface area (Å²) < 4.78 is 140. The Morgan fingerprint density at radius 3 is 1.93 bits per heavy atom. The van der Waals surface area contributed by atoms with Crippen molar-refractivity contribution in [2.45, 2.75) is 55.8 Å². The summed E-state index contributed by atoms with van der Waals surface area (Å²) in [6, 6.07) is 11.5. The molecule has 4 nitrogen and oxygen atoms in total. The SMILES string of the molecule is CC(C)(CC(Cc1ccc(F)c(F)c1)(c1cc(F)cc(OC(F)(F)C(F)F)c1)c1ccc(Cc2ccc(F)c(F)c2)cn1)S(N)=O. The van der Waals surface area contributed by atoms with Crippen LogP contribution in [0.4, 0.5) is 39.5 Å². The van der Waals surface area contributed by atoms with Crippen molar-refractivity contribution in [3.05, 3.63) is 130 Å². The van der Waals surface area contributed by atoms with Crippen LogP contribution in [0, 0.1) is 29.1 Å². The molecule has 0 spiro atoms. The first kappa shape index (κ1) is 35.0. The third-order valence-electron chi connectivity index (χ3n) is 7.40. The first-order valence-corrected chi connectivity index (χ1v) is 14.8. The third kappa shape index (κ3) is 7.89. The molecule has 0 radical (unpaired) electrons. The van der Waals surface area contributed by atoms with Crippen LogP contribution in [0.3, 0.4) is 0 Å². The van der Waals surface area contributed by atoms with E-state index in [0.717, 1.165) is 36.4 Å². The molecule has 2 N–H and O–H groups in total. The molecule has 0 bridgehead atoms. The molecule has 4 rings (SSSR count). The molecule has 0 aliphatic heterocycles. The number of pyridine rings is 1. The number of hydrogen-bond donors (Lipinski definition) is 1. The van der Waals surface area contributed by atoms with Crippen LogP contribution < -0.4 is 9.88 Å². The highest BCUT2D eigenvalue weighted by Crippen LogP contribution is 2.45. The van der Waals surface area contributed by atoms with Crippen molar-refractivity contribution in [1.82, 2.24) is 4.98 Å². The summed E-state index contributed by atoms with van der Waals surface area (Å²) in [6.07, 6.45) is -8.40. The monoisotopic (exact) mass is 674 g/mol. The van der Waals surface area contributed by atoms with Gasteiger partial charge < -0.3 is 4.74 Å². The predicted octanol–water partition coefficient (Wildman–Crippen LogP) is 7.92. The number of nitrogens with zero attached hydrogens (tertiary/aromatic N) is 1. The number of ether oxygens (including phenoxy) is 1. The summed E-state index contributed by atoms with van der Waals surface area (Å²) >= 11 is 0. The van der Waals surface area contributed by atoms with Crippen LogP contribution in [-0.2, 0) is 29.2 Å². The topological polar surface area (TPSA) is 65.2 Å². The maximum atomic E-state index is 15.1. The molecule has 0 fully saturated rings. The molecule has 3 aromatic carbocycles. The van der Waals surface area contributed by atoms with Gasteiger partial charge in [-0.1, -0.05) is 18.2 Å². The van der Waals surface area contributed by atoms with Gasteiger partial charge in [-0.2, -0.15) is 17.6 Å². The van der Waals surface area contributed by atoms with Gasteiger partial charge in [-0.25, -0.2) is 26.2 Å². The number of alkyl halides is 4. The van der Waals surface area contributed by atoms with E-state index in [2.05, 4.69) is 9.72 Å². The van der Waals surface area contributed by atoms with Gasteiger partial charge in [0.2, 0.25) is 0 Å². The molecule has 0 saturated heterocycles. The zero-order chi connectivity index (χ0) is 34.0. The van der Waals surface area contributed by atoms with Crippen molar-refractivity contribution in [2.24, 2.45) is 5.14 Å². The van der Waals surface area contributed by atoms with E-state index < -0.39 is 68.5 Å². The molecule has 1 aromatic heterocycles. The fourth-order valence-corrected chi connectivity index (χ4v) is 5.58. The maximum Gasteiger partial charge on any atom is 0.461 e. The molecule has 246 valence electrons. The van der Waals surface area contributed by atoms with Gasteiger partial charge in [-0.15, -0.1) is 0 Å². The second kappa shape index (κ2) is 13.4. The van der Waals surface area contributed by atoms with E-state index in [1.807, 2.05) is 0 Å². The van der Waals surface area contributed by atoms with Crippen molar-refractivity contribution in [2.75, 3.05) is 0 Å². The average Bonchev–Trinajstić information content (AvgIpc) is 2.96. The van der Waals surface area contributed by atoms with Crippen LogP contribution >= 0.6 is 0 Å². The lowest BCUT2D eigenvalue weighted by Crippen LogP contribution is -2.43. The zero-order valence-electron chi connectivity index (χ0n) is 24.3. The van der Waals surface area contributed by atoms with Crippen molar-refractivity contribution in [3.63, 3.8) is 0 Å². The lowest BCUT2D eigenvalue weighted by atomic mass is 9.67. The summed E-state index contributed by atoms with van der Waals surface area (Å²) in [5, 5.41) is 5.78. The molecule has 0 saturated carbocycles. The minimum Gasteiger partial charge on any atom is -0.428 e. The van der Waals surface area contributed by atoms with E-state index in [0.29, 0.717) is 17.2 Å². The van der Waals surface area contributed by atoms with Crippen LogP contribution in [-0.4, -0.2) is 26.5 Å². The van der Waals surface area contributed by atoms with Crippen molar-refractivity contribution in [1.29, 1.82) is 0 Å². The van der Waals surface area contributed by atoms with Gasteiger partial charge in [0.1, 0.15) is 11.6 Å². The Labute approximate surface area is 261 Å². The highest BCUT2D eigenvalue weighted by Gasteiger charge is 2.46. The van der Waals surface area contributed by atoms with Gasteiger partial charge in [0, 0.05) is 17.7 Å². The summed E-state index contributed by atoms with van der Waals surface area (Å²) in [7, 11) is -2.08. The lowest BCUT2D eigenvalue weighted by molar-refractivity contribution is -0.253. The number of nitrogens with two attached hydrogens (primary N) is 1. The highest BCUT2D eigenvalue weighted by molar-refractivity contribution is 7.84. The largest absolute Gasteiger partial charge is 0.461 e. The Balaban J connectivity index is 1.94. The Morgan fingerprint density at radius 1 is 0.804 bits per heavy atom. The molecule has 4 aromatic rings. The quantitative estimate of drug-likeness (QED) is 0.155. The summed E-state index contributed by atoms with van der Waals surface area (Å²) in [5.74, 6) is -6.66. The van der Waals surface area contributed by atoms with E-state index in [4.69, 9.17) is 5.14 Å². The first-order valence-electron chi connectivity index (χ1n) is 13.6. The summed E-state index contributed by atoms with van der Waals surface area (Å²) in [5.41, 5.74) is -0.775. The van der Waals surface area contributed by atoms with Gasteiger partial charge in [-0.3, -0.25) is 10.1 Å². The van der Waals surface area contributed by atoms with Crippen molar-refractivity contribution >= 4 is 11.0 Å². The van der Waals surface area contributed by atoms with Gasteiger partial charge in [0.15, 0.2) is 23.3 Å². The Hall–Kier alpha value is -3.91. The molecule has 1 heterocycles. The number of rotatable bonds is 12. The fourth-order valence-electron chi connectivity index (χ4n) is 5.19. The van der Waals surface area contributed by atoms with E-state index >= 15 is 4.39 Å². The van der Waals surface area contributed by atoms with Crippen molar-refractivity contribution < 1.29 is 48.5 Å². The van der Waals surface area contributed by atoms with Gasteiger partial charge in [0.05, 0.1) is 21.4 Å². The Kier molecular flexibility index (Phi) is 10.2. The van der Waals surface area contributed by atoms with E-state index in [-0.39, 0.29) is 36.1 Å². The minimum absolute atomic E-state index is 0.0852. The number of benzene rings is 3. The van der Waals surface area contributed by atoms with Crippen LogP contribution in [0.2, 0.25) is 0 Å². The third-order valence-corrected chi connectivity index (χ3v) is 8.63. The second-order valence-electron chi connectivity index (χ2n) is 11.4. The van der Waals surface area contributed by atoms with E-state index in [1.54, 1.807) is 0 Å². The molecule has 46 heavy (non-hydrogen) atoms. The lowest BCUT2D eigenvalue weighted by Gasteiger charge is -2.40. The molecule has 0 amide bonds. The fraction of sp³-hybridized carbons (Fsp3) is 0.281. The van der Waals surface area contributed by atoms with E-state index in [1.165, 1.54) is 44.3 Å². The highest BCUT2D eigenvalue weighted by atomic mass is 32.2. The van der Waals surface area contributed by atoms with Crippen LogP contribution in [0.15, 0.2) is 72.9 Å². The summed E-state index contributed by atoms with van der Waals surface area (Å²) in [4.78, 5) is 4.50. The normalized spacial score (nSPS) is 14.3. The summed E-state index contributed by atoms with van der Waals surface area (Å²) in [6.45, 7) is 2.98. The Bertz CT molecular complexity index is 1740. The van der Waals surface area contributed by atoms with Crippen molar-refractivity contribution in [3.8, 4) is 5.75 Å². The number of hydrogen-bond acceptors (Lipinski definition) is 3. The molecular weight excluding hydrogens is 647 g/mol. The average molecular weight is 675 g/mol. The smallest absolute Gasteiger partial charge is 0.428 e. The van der Waals surface area contributed by atoms with Crippen LogP contribution in [0.25, 0.3) is 0 Å². The maximum absolute atomic E-state index is 15.1. The van der Waals surface area contributed by atoms with Gasteiger partial charge in [-0.05, 0) is 97.8 Å². The van der Waals surface area contributed by atoms with E-state index in [9.17, 15) is 39.3 Å². The molecule has 14 heteroatoms. The molecule has 2 unspecified atom stereocenters.